The van der Waals surface area contributed by atoms with Crippen LogP contribution in [-0.2, 0) is 11.3 Å². The molecule has 0 spiro atoms. The summed E-state index contributed by atoms with van der Waals surface area (Å²) in [6.07, 6.45) is 1.40. The minimum atomic E-state index is -0.604. The lowest BCUT2D eigenvalue weighted by atomic mass is 10.1. The summed E-state index contributed by atoms with van der Waals surface area (Å²) in [6, 6.07) is 11.9. The number of rotatable bonds is 6. The average Bonchev–Trinajstić information content (AvgIpc) is 3.27. The van der Waals surface area contributed by atoms with Crippen molar-refractivity contribution in [1.82, 2.24) is 20.0 Å². The Balaban J connectivity index is 1.68. The number of amides is 3. The standard InChI is InChI=1S/C24H23FN4O4/c1-14(2)21-19(22(30)29(27-21)17-8-10-18(33-3)11-9-17)12-20-23(31)28(24(32)26-20)13-15-4-6-16(25)7-5-15/h4-12,14,27H,13H2,1-3H3,(H,26,32)/b20-12-. The third kappa shape index (κ3) is 4.30. The number of halogens is 1. The summed E-state index contributed by atoms with van der Waals surface area (Å²) in [4.78, 5) is 39.6. The summed E-state index contributed by atoms with van der Waals surface area (Å²) in [5, 5.41) is 5.64. The van der Waals surface area contributed by atoms with Crippen LogP contribution >= 0.6 is 0 Å². The van der Waals surface area contributed by atoms with Crippen LogP contribution in [0.4, 0.5) is 9.18 Å². The van der Waals surface area contributed by atoms with E-state index in [9.17, 15) is 18.8 Å². The predicted molar refractivity (Wildman–Crippen MR) is 120 cm³/mol. The second kappa shape index (κ2) is 8.78. The van der Waals surface area contributed by atoms with E-state index in [4.69, 9.17) is 4.74 Å². The Morgan fingerprint density at radius 3 is 2.30 bits per heavy atom. The van der Waals surface area contributed by atoms with Crippen molar-refractivity contribution in [3.8, 4) is 11.4 Å². The van der Waals surface area contributed by atoms with Crippen molar-refractivity contribution < 1.29 is 18.7 Å². The summed E-state index contributed by atoms with van der Waals surface area (Å²) in [7, 11) is 1.56. The summed E-state index contributed by atoms with van der Waals surface area (Å²) >= 11 is 0. The van der Waals surface area contributed by atoms with E-state index in [1.807, 2.05) is 13.8 Å². The molecule has 1 saturated heterocycles. The molecule has 9 heteroatoms. The van der Waals surface area contributed by atoms with E-state index >= 15 is 0 Å². The van der Waals surface area contributed by atoms with Gasteiger partial charge in [-0.25, -0.2) is 13.9 Å². The number of imide groups is 1. The number of hydrogen-bond acceptors (Lipinski definition) is 4. The highest BCUT2D eigenvalue weighted by Gasteiger charge is 2.34. The first-order valence-corrected chi connectivity index (χ1v) is 10.4. The number of aromatic amines is 1. The summed E-state index contributed by atoms with van der Waals surface area (Å²) in [5.41, 5.74) is 1.77. The minimum Gasteiger partial charge on any atom is -0.497 e. The molecule has 0 unspecified atom stereocenters. The van der Waals surface area contributed by atoms with E-state index in [2.05, 4.69) is 10.4 Å². The fourth-order valence-corrected chi connectivity index (χ4v) is 3.59. The third-order valence-corrected chi connectivity index (χ3v) is 5.37. The number of urea groups is 1. The molecular formula is C24H23FN4O4. The molecule has 1 aromatic heterocycles. The Morgan fingerprint density at radius 1 is 1.03 bits per heavy atom. The topological polar surface area (TPSA) is 96.4 Å². The van der Waals surface area contributed by atoms with Gasteiger partial charge in [0, 0.05) is 5.69 Å². The minimum absolute atomic E-state index is 0.00184. The van der Waals surface area contributed by atoms with E-state index in [0.29, 0.717) is 22.7 Å². The molecule has 4 rings (SSSR count). The van der Waals surface area contributed by atoms with Crippen molar-refractivity contribution in [2.24, 2.45) is 0 Å². The smallest absolute Gasteiger partial charge is 0.329 e. The Kier molecular flexibility index (Phi) is 5.87. The highest BCUT2D eigenvalue weighted by atomic mass is 19.1. The van der Waals surface area contributed by atoms with Crippen molar-refractivity contribution in [3.05, 3.63) is 87.2 Å². The molecule has 170 valence electrons. The number of methoxy groups -OCH3 is 1. The van der Waals surface area contributed by atoms with Crippen LogP contribution in [0.15, 0.2) is 59.0 Å². The van der Waals surface area contributed by atoms with E-state index in [1.54, 1.807) is 31.4 Å². The van der Waals surface area contributed by atoms with Gasteiger partial charge in [0.2, 0.25) is 0 Å². The van der Waals surface area contributed by atoms with Gasteiger partial charge in [0.05, 0.1) is 24.9 Å². The van der Waals surface area contributed by atoms with Gasteiger partial charge in [-0.1, -0.05) is 26.0 Å². The maximum absolute atomic E-state index is 13.2. The highest BCUT2D eigenvalue weighted by Crippen LogP contribution is 2.22. The number of benzene rings is 2. The third-order valence-electron chi connectivity index (χ3n) is 5.37. The molecule has 1 aliphatic heterocycles. The number of nitrogens with zero attached hydrogens (tertiary/aromatic N) is 2. The van der Waals surface area contributed by atoms with Crippen LogP contribution < -0.4 is 15.6 Å². The molecule has 1 fully saturated rings. The zero-order chi connectivity index (χ0) is 23.7. The number of hydrogen-bond donors (Lipinski definition) is 2. The maximum atomic E-state index is 13.2. The first-order valence-electron chi connectivity index (χ1n) is 10.4. The Hall–Kier alpha value is -4.14. The van der Waals surface area contributed by atoms with Crippen LogP contribution in [0.3, 0.4) is 0 Å². The van der Waals surface area contributed by atoms with Crippen molar-refractivity contribution in [3.63, 3.8) is 0 Å². The van der Waals surface area contributed by atoms with Gasteiger partial charge in [-0.15, -0.1) is 0 Å². The normalized spacial score (nSPS) is 14.9. The number of H-pyrrole nitrogens is 1. The fraction of sp³-hybridized carbons (Fsp3) is 0.208. The van der Waals surface area contributed by atoms with Gasteiger partial charge in [0.25, 0.3) is 11.5 Å². The lowest BCUT2D eigenvalue weighted by Crippen LogP contribution is -2.30. The second-order valence-electron chi connectivity index (χ2n) is 7.94. The van der Waals surface area contributed by atoms with Gasteiger partial charge in [0.15, 0.2) is 0 Å². The van der Waals surface area contributed by atoms with Crippen LogP contribution in [0.1, 0.15) is 36.6 Å². The monoisotopic (exact) mass is 450 g/mol. The van der Waals surface area contributed by atoms with E-state index in [-0.39, 0.29) is 29.3 Å². The number of ether oxygens (including phenoxy) is 1. The van der Waals surface area contributed by atoms with E-state index < -0.39 is 17.8 Å². The van der Waals surface area contributed by atoms with Crippen LogP contribution in [0, 0.1) is 5.82 Å². The van der Waals surface area contributed by atoms with Gasteiger partial charge in [0.1, 0.15) is 17.3 Å². The van der Waals surface area contributed by atoms with Crippen molar-refractivity contribution in [2.75, 3.05) is 7.11 Å². The molecule has 8 nitrogen and oxygen atoms in total. The molecule has 2 aromatic carbocycles. The van der Waals surface area contributed by atoms with Crippen molar-refractivity contribution in [2.45, 2.75) is 26.3 Å². The molecule has 3 aromatic rings. The maximum Gasteiger partial charge on any atom is 0.329 e. The van der Waals surface area contributed by atoms with Crippen molar-refractivity contribution >= 4 is 18.0 Å². The second-order valence-corrected chi connectivity index (χ2v) is 7.94. The lowest BCUT2D eigenvalue weighted by Gasteiger charge is -2.11. The Labute approximate surface area is 189 Å². The van der Waals surface area contributed by atoms with Gasteiger partial charge in [-0.3, -0.25) is 19.6 Å². The van der Waals surface area contributed by atoms with Crippen LogP contribution in [0.5, 0.6) is 5.75 Å². The number of carbonyl (C=O) groups is 2. The Bertz CT molecular complexity index is 1290. The highest BCUT2D eigenvalue weighted by molar-refractivity contribution is 6.13. The molecule has 0 saturated carbocycles. The Morgan fingerprint density at radius 2 is 1.70 bits per heavy atom. The fourth-order valence-electron chi connectivity index (χ4n) is 3.59. The van der Waals surface area contributed by atoms with Crippen LogP contribution in [0.2, 0.25) is 0 Å². The number of nitrogens with one attached hydrogen (secondary N) is 2. The zero-order valence-electron chi connectivity index (χ0n) is 18.4. The first-order chi connectivity index (χ1) is 15.8. The first kappa shape index (κ1) is 22.1. The quantitative estimate of drug-likeness (QED) is 0.444. The molecule has 2 heterocycles. The van der Waals surface area contributed by atoms with E-state index in [1.165, 1.54) is 35.0 Å². The molecule has 0 atom stereocenters. The number of aromatic nitrogens is 2. The molecule has 0 aliphatic carbocycles. The summed E-state index contributed by atoms with van der Waals surface area (Å²) in [6.45, 7) is 3.83. The molecular weight excluding hydrogens is 427 g/mol. The lowest BCUT2D eigenvalue weighted by molar-refractivity contribution is -0.123. The SMILES string of the molecule is COc1ccc(-n2[nH]c(C(C)C)c(/C=C3\NC(=O)N(Cc4ccc(F)cc4)C3=O)c2=O)cc1. The molecule has 33 heavy (non-hydrogen) atoms. The molecule has 3 amide bonds. The van der Waals surface area contributed by atoms with Gasteiger partial charge < -0.3 is 10.1 Å². The average molecular weight is 450 g/mol. The van der Waals surface area contributed by atoms with Gasteiger partial charge >= 0.3 is 6.03 Å². The summed E-state index contributed by atoms with van der Waals surface area (Å²) < 4.78 is 19.7. The molecule has 0 bridgehead atoms. The molecule has 2 N–H and O–H groups in total. The zero-order valence-corrected chi connectivity index (χ0v) is 18.4. The largest absolute Gasteiger partial charge is 0.497 e. The van der Waals surface area contributed by atoms with Crippen LogP contribution in [0.25, 0.3) is 11.8 Å². The van der Waals surface area contributed by atoms with Gasteiger partial charge in [-0.05, 0) is 54.0 Å². The molecule has 1 aliphatic rings. The predicted octanol–water partition coefficient (Wildman–Crippen LogP) is 3.53. The molecule has 0 radical (unpaired) electrons. The number of carbonyl (C=O) groups excluding carboxylic acids is 2. The summed E-state index contributed by atoms with van der Waals surface area (Å²) in [5.74, 6) is -0.356. The van der Waals surface area contributed by atoms with Crippen LogP contribution in [-0.4, -0.2) is 33.7 Å². The van der Waals surface area contributed by atoms with Crippen molar-refractivity contribution in [1.29, 1.82) is 0 Å². The van der Waals surface area contributed by atoms with Gasteiger partial charge in [-0.2, -0.15) is 0 Å². The van der Waals surface area contributed by atoms with E-state index in [0.717, 1.165) is 4.90 Å².